The van der Waals surface area contributed by atoms with E-state index in [4.69, 9.17) is 5.73 Å². The molecule has 0 fully saturated rings. The lowest BCUT2D eigenvalue weighted by Gasteiger charge is -2.35. The van der Waals surface area contributed by atoms with E-state index in [1.54, 1.807) is 0 Å². The van der Waals surface area contributed by atoms with Crippen molar-refractivity contribution >= 4 is 11.6 Å². The fourth-order valence-corrected chi connectivity index (χ4v) is 3.06. The number of halogens is 1. The number of nitrogens with zero attached hydrogens (tertiary/aromatic N) is 2. The van der Waals surface area contributed by atoms with Crippen molar-refractivity contribution in [3.8, 4) is 0 Å². The highest BCUT2D eigenvalue weighted by Crippen LogP contribution is 2.26. The summed E-state index contributed by atoms with van der Waals surface area (Å²) in [4.78, 5) is 23.6. The summed E-state index contributed by atoms with van der Waals surface area (Å²) in [5.74, 6) is -1.32. The van der Waals surface area contributed by atoms with E-state index >= 15 is 0 Å². The molecule has 7 heteroatoms. The maximum Gasteiger partial charge on any atom is 0.304 e. The summed E-state index contributed by atoms with van der Waals surface area (Å²) in [5.41, 5.74) is 7.69. The first-order chi connectivity index (χ1) is 11.5. The number of nitro benzene ring substituents is 1. The molecule has 2 aromatic rings. The topological polar surface area (TPSA) is 89.5 Å². The van der Waals surface area contributed by atoms with Crippen LogP contribution in [0.4, 0.5) is 10.1 Å². The second kappa shape index (κ2) is 6.37. The molecule has 1 aliphatic heterocycles. The van der Waals surface area contributed by atoms with E-state index in [0.717, 1.165) is 23.3 Å². The molecule has 1 heterocycles. The van der Waals surface area contributed by atoms with Gasteiger partial charge in [0, 0.05) is 19.2 Å². The standard InChI is InChI=1S/C17H16FN3O3/c18-14-7-11(5-6-15(14)21(23)24)9-20-10-13-4-2-1-3-12(13)8-16(20)17(19)22/h1-7,16H,8-10H2,(H2,19,22)/t16-/m0/s1. The summed E-state index contributed by atoms with van der Waals surface area (Å²) in [5, 5.41) is 10.7. The van der Waals surface area contributed by atoms with Gasteiger partial charge in [-0.15, -0.1) is 0 Å². The van der Waals surface area contributed by atoms with Gasteiger partial charge in [-0.25, -0.2) is 0 Å². The lowest BCUT2D eigenvalue weighted by atomic mass is 9.93. The number of fused-ring (bicyclic) bond motifs is 1. The van der Waals surface area contributed by atoms with Gasteiger partial charge in [0.2, 0.25) is 11.7 Å². The third kappa shape index (κ3) is 3.11. The summed E-state index contributed by atoms with van der Waals surface area (Å²) in [6.45, 7) is 0.805. The zero-order chi connectivity index (χ0) is 17.3. The number of hydrogen-bond donors (Lipinski definition) is 1. The number of nitro groups is 1. The van der Waals surface area contributed by atoms with Gasteiger partial charge >= 0.3 is 5.69 Å². The molecule has 0 radical (unpaired) electrons. The number of nitrogens with two attached hydrogens (primary N) is 1. The van der Waals surface area contributed by atoms with Gasteiger partial charge in [0.05, 0.1) is 11.0 Å². The number of primary amides is 1. The maximum atomic E-state index is 13.8. The van der Waals surface area contributed by atoms with Crippen LogP contribution in [-0.4, -0.2) is 21.8 Å². The number of carbonyl (C=O) groups excluding carboxylic acids is 1. The molecule has 0 bridgehead atoms. The first-order valence-electron chi connectivity index (χ1n) is 7.48. The normalized spacial score (nSPS) is 17.3. The van der Waals surface area contributed by atoms with E-state index < -0.39 is 28.4 Å². The average Bonchev–Trinajstić information content (AvgIpc) is 2.53. The van der Waals surface area contributed by atoms with E-state index in [1.807, 2.05) is 29.2 Å². The Labute approximate surface area is 137 Å². The third-order valence-electron chi connectivity index (χ3n) is 4.27. The molecule has 0 saturated carbocycles. The van der Waals surface area contributed by atoms with E-state index in [2.05, 4.69) is 0 Å². The Morgan fingerprint density at radius 1 is 1.29 bits per heavy atom. The first-order valence-corrected chi connectivity index (χ1v) is 7.48. The van der Waals surface area contributed by atoms with E-state index in [9.17, 15) is 19.3 Å². The van der Waals surface area contributed by atoms with Gasteiger partial charge in [0.25, 0.3) is 0 Å². The summed E-state index contributed by atoms with van der Waals surface area (Å²) >= 11 is 0. The zero-order valence-electron chi connectivity index (χ0n) is 12.8. The molecule has 0 saturated heterocycles. The first kappa shape index (κ1) is 16.1. The number of rotatable bonds is 4. The molecule has 1 aliphatic rings. The lowest BCUT2D eigenvalue weighted by Crippen LogP contribution is -2.48. The molecular formula is C17H16FN3O3. The van der Waals surface area contributed by atoms with Crippen molar-refractivity contribution in [1.29, 1.82) is 0 Å². The largest absolute Gasteiger partial charge is 0.368 e. The molecule has 0 aromatic heterocycles. The molecule has 24 heavy (non-hydrogen) atoms. The molecule has 2 N–H and O–H groups in total. The third-order valence-corrected chi connectivity index (χ3v) is 4.27. The number of carbonyl (C=O) groups is 1. The minimum Gasteiger partial charge on any atom is -0.368 e. The van der Waals surface area contributed by atoms with Crippen LogP contribution in [0.15, 0.2) is 42.5 Å². The number of amides is 1. The van der Waals surface area contributed by atoms with Gasteiger partial charge in [-0.05, 0) is 29.2 Å². The summed E-state index contributed by atoms with van der Waals surface area (Å²) in [7, 11) is 0. The van der Waals surface area contributed by atoms with Gasteiger partial charge in [0.15, 0.2) is 0 Å². The van der Waals surface area contributed by atoms with Crippen molar-refractivity contribution in [2.75, 3.05) is 0 Å². The molecule has 1 atom stereocenters. The predicted molar refractivity (Wildman–Crippen MR) is 85.4 cm³/mol. The minimum absolute atomic E-state index is 0.289. The lowest BCUT2D eigenvalue weighted by molar-refractivity contribution is -0.387. The van der Waals surface area contributed by atoms with Gasteiger partial charge in [0.1, 0.15) is 0 Å². The van der Waals surface area contributed by atoms with Crippen molar-refractivity contribution in [2.45, 2.75) is 25.6 Å². The molecule has 0 spiro atoms. The molecule has 1 amide bonds. The van der Waals surface area contributed by atoms with Crippen LogP contribution in [0.2, 0.25) is 0 Å². The summed E-state index contributed by atoms with van der Waals surface area (Å²) in [6.07, 6.45) is 0.501. The van der Waals surface area contributed by atoms with Crippen molar-refractivity contribution in [2.24, 2.45) is 5.73 Å². The second-order valence-corrected chi connectivity index (χ2v) is 5.84. The van der Waals surface area contributed by atoms with Crippen LogP contribution >= 0.6 is 0 Å². The monoisotopic (exact) mass is 329 g/mol. The molecular weight excluding hydrogens is 313 g/mol. The molecule has 124 valence electrons. The average molecular weight is 329 g/mol. The number of hydrogen-bond acceptors (Lipinski definition) is 4. The number of benzene rings is 2. The van der Waals surface area contributed by atoms with Crippen molar-refractivity contribution in [1.82, 2.24) is 4.90 Å². The Bertz CT molecular complexity index is 809. The van der Waals surface area contributed by atoms with Gasteiger partial charge in [-0.1, -0.05) is 30.3 Å². The van der Waals surface area contributed by atoms with Crippen LogP contribution in [0, 0.1) is 15.9 Å². The maximum absolute atomic E-state index is 13.8. The van der Waals surface area contributed by atoms with Gasteiger partial charge in [-0.3, -0.25) is 19.8 Å². The second-order valence-electron chi connectivity index (χ2n) is 5.84. The Balaban J connectivity index is 1.86. The van der Waals surface area contributed by atoms with Crippen LogP contribution < -0.4 is 5.73 Å². The van der Waals surface area contributed by atoms with Crippen molar-refractivity contribution in [3.63, 3.8) is 0 Å². The van der Waals surface area contributed by atoms with Crippen molar-refractivity contribution in [3.05, 3.63) is 75.1 Å². The highest BCUT2D eigenvalue weighted by molar-refractivity contribution is 5.80. The Morgan fingerprint density at radius 3 is 2.62 bits per heavy atom. The molecule has 3 rings (SSSR count). The molecule has 6 nitrogen and oxygen atoms in total. The Hall–Kier alpha value is -2.80. The highest BCUT2D eigenvalue weighted by atomic mass is 19.1. The predicted octanol–water partition coefficient (Wildman–Crippen LogP) is 2.15. The van der Waals surface area contributed by atoms with Gasteiger partial charge in [-0.2, -0.15) is 4.39 Å². The summed E-state index contributed by atoms with van der Waals surface area (Å²) in [6, 6.07) is 11.1. The van der Waals surface area contributed by atoms with Crippen molar-refractivity contribution < 1.29 is 14.1 Å². The molecule has 0 aliphatic carbocycles. The smallest absolute Gasteiger partial charge is 0.304 e. The zero-order valence-corrected chi connectivity index (χ0v) is 12.8. The minimum atomic E-state index is -0.884. The van der Waals surface area contributed by atoms with Crippen LogP contribution in [0.3, 0.4) is 0 Å². The quantitative estimate of drug-likeness (QED) is 0.687. The van der Waals surface area contributed by atoms with E-state index in [0.29, 0.717) is 18.5 Å². The van der Waals surface area contributed by atoms with Crippen LogP contribution in [0.1, 0.15) is 16.7 Å². The fourth-order valence-electron chi connectivity index (χ4n) is 3.06. The van der Waals surface area contributed by atoms with Crippen LogP contribution in [0.25, 0.3) is 0 Å². The van der Waals surface area contributed by atoms with Crippen LogP contribution in [0.5, 0.6) is 0 Å². The fraction of sp³-hybridized carbons (Fsp3) is 0.235. The Kier molecular flexibility index (Phi) is 4.26. The van der Waals surface area contributed by atoms with Crippen LogP contribution in [-0.2, 0) is 24.3 Å². The summed E-state index contributed by atoms with van der Waals surface area (Å²) < 4.78 is 13.8. The highest BCUT2D eigenvalue weighted by Gasteiger charge is 2.30. The SMILES string of the molecule is NC(=O)[C@@H]1Cc2ccccc2CN1Cc1ccc([N+](=O)[O-])c(F)c1. The molecule has 2 aromatic carbocycles. The van der Waals surface area contributed by atoms with E-state index in [-0.39, 0.29) is 6.54 Å². The van der Waals surface area contributed by atoms with E-state index in [1.165, 1.54) is 6.07 Å². The Morgan fingerprint density at radius 2 is 2.00 bits per heavy atom. The van der Waals surface area contributed by atoms with Gasteiger partial charge < -0.3 is 5.73 Å². The molecule has 0 unspecified atom stereocenters.